The SMILES string of the molecule is CC(C#N)[n+]1ccc(C(=O)C(C)(C)C)[nH]1. The number of nitrogens with one attached hydrogen (secondary N) is 1. The number of ketones is 1. The molecular formula is C11H16N3O+. The number of hydrogen-bond donors (Lipinski definition) is 1. The first-order valence-electron chi connectivity index (χ1n) is 4.91. The van der Waals surface area contributed by atoms with Crippen LogP contribution in [0, 0.1) is 16.7 Å². The summed E-state index contributed by atoms with van der Waals surface area (Å²) in [6.45, 7) is 7.37. The molecule has 1 N–H and O–H groups in total. The second kappa shape index (κ2) is 3.85. The van der Waals surface area contributed by atoms with E-state index in [1.807, 2.05) is 20.8 Å². The molecule has 4 heteroatoms. The van der Waals surface area contributed by atoms with Crippen molar-refractivity contribution in [3.05, 3.63) is 18.0 Å². The third-order valence-corrected chi connectivity index (χ3v) is 2.18. The Morgan fingerprint density at radius 1 is 1.60 bits per heavy atom. The van der Waals surface area contributed by atoms with E-state index >= 15 is 0 Å². The van der Waals surface area contributed by atoms with Gasteiger partial charge in [-0.1, -0.05) is 20.8 Å². The van der Waals surface area contributed by atoms with Gasteiger partial charge in [-0.25, -0.2) is 0 Å². The maximum Gasteiger partial charge on any atom is 0.263 e. The van der Waals surface area contributed by atoms with Crippen molar-refractivity contribution >= 4 is 5.78 Å². The lowest BCUT2D eigenvalue weighted by Gasteiger charge is -2.13. The minimum absolute atomic E-state index is 0.0476. The van der Waals surface area contributed by atoms with Gasteiger partial charge in [0.25, 0.3) is 6.04 Å². The molecule has 1 aromatic heterocycles. The Labute approximate surface area is 89.5 Å². The summed E-state index contributed by atoms with van der Waals surface area (Å²) in [5.74, 6) is 0.0476. The van der Waals surface area contributed by atoms with E-state index in [1.165, 1.54) is 0 Å². The van der Waals surface area contributed by atoms with Crippen LogP contribution in [0.4, 0.5) is 0 Å². The molecule has 1 unspecified atom stereocenters. The fourth-order valence-corrected chi connectivity index (χ4v) is 1.19. The first kappa shape index (κ1) is 11.4. The lowest BCUT2D eigenvalue weighted by atomic mass is 9.89. The number of aromatic amines is 1. The Hall–Kier alpha value is -1.63. The van der Waals surface area contributed by atoms with Crippen molar-refractivity contribution in [3.63, 3.8) is 0 Å². The van der Waals surface area contributed by atoms with Crippen LogP contribution in [0.25, 0.3) is 0 Å². The van der Waals surface area contributed by atoms with Crippen LogP contribution in [0.3, 0.4) is 0 Å². The predicted octanol–water partition coefficient (Wildman–Crippen LogP) is 1.62. The lowest BCUT2D eigenvalue weighted by Crippen LogP contribution is -2.39. The summed E-state index contributed by atoms with van der Waals surface area (Å²) >= 11 is 0. The number of aromatic nitrogens is 2. The Morgan fingerprint density at radius 2 is 2.20 bits per heavy atom. The van der Waals surface area contributed by atoms with Crippen molar-refractivity contribution in [3.8, 4) is 6.07 Å². The number of rotatable bonds is 2. The number of carbonyl (C=O) groups excluding carboxylic acids is 1. The number of nitrogens with zero attached hydrogens (tertiary/aromatic N) is 2. The molecule has 0 aromatic carbocycles. The fraction of sp³-hybridized carbons (Fsp3) is 0.545. The van der Waals surface area contributed by atoms with Crippen LogP contribution in [-0.4, -0.2) is 10.9 Å². The van der Waals surface area contributed by atoms with Gasteiger partial charge in [0.2, 0.25) is 0 Å². The molecule has 0 radical (unpaired) electrons. The van der Waals surface area contributed by atoms with Crippen LogP contribution < -0.4 is 4.68 Å². The van der Waals surface area contributed by atoms with Gasteiger partial charge in [-0.2, -0.15) is 10.4 Å². The van der Waals surface area contributed by atoms with Gasteiger partial charge >= 0.3 is 0 Å². The van der Waals surface area contributed by atoms with Gasteiger partial charge in [0.05, 0.1) is 0 Å². The third kappa shape index (κ3) is 2.44. The molecule has 0 amide bonds. The summed E-state index contributed by atoms with van der Waals surface area (Å²) in [5, 5.41) is 11.6. The van der Waals surface area contributed by atoms with Crippen molar-refractivity contribution in [2.75, 3.05) is 0 Å². The van der Waals surface area contributed by atoms with Gasteiger partial charge in [0.15, 0.2) is 12.0 Å². The molecule has 0 saturated carbocycles. The molecule has 0 saturated heterocycles. The van der Waals surface area contributed by atoms with Gasteiger partial charge in [-0.05, 0) is 0 Å². The van der Waals surface area contributed by atoms with Crippen LogP contribution in [0.5, 0.6) is 0 Å². The highest BCUT2D eigenvalue weighted by atomic mass is 16.1. The molecule has 0 aliphatic heterocycles. The number of nitriles is 1. The monoisotopic (exact) mass is 206 g/mol. The zero-order chi connectivity index (χ0) is 11.6. The number of H-pyrrole nitrogens is 1. The highest BCUT2D eigenvalue weighted by molar-refractivity contribution is 5.97. The van der Waals surface area contributed by atoms with Gasteiger partial charge < -0.3 is 0 Å². The zero-order valence-electron chi connectivity index (χ0n) is 9.53. The molecule has 15 heavy (non-hydrogen) atoms. The van der Waals surface area contributed by atoms with Gasteiger partial charge in [-0.3, -0.25) is 4.79 Å². The largest absolute Gasteiger partial charge is 0.292 e. The van der Waals surface area contributed by atoms with Crippen LogP contribution in [0.2, 0.25) is 0 Å². The molecule has 1 aromatic rings. The Balaban J connectivity index is 2.96. The van der Waals surface area contributed by atoms with E-state index < -0.39 is 5.41 Å². The molecule has 1 rings (SSSR count). The normalized spacial score (nSPS) is 13.3. The number of hydrogen-bond acceptors (Lipinski definition) is 2. The van der Waals surface area contributed by atoms with E-state index in [9.17, 15) is 4.79 Å². The van der Waals surface area contributed by atoms with E-state index in [4.69, 9.17) is 5.26 Å². The topological polar surface area (TPSA) is 60.5 Å². The van der Waals surface area contributed by atoms with E-state index in [0.717, 1.165) is 0 Å². The summed E-state index contributed by atoms with van der Waals surface area (Å²) in [6, 6.07) is 3.52. The molecule has 0 aliphatic carbocycles. The lowest BCUT2D eigenvalue weighted by molar-refractivity contribution is -0.759. The van der Waals surface area contributed by atoms with Crippen molar-refractivity contribution in [2.24, 2.45) is 5.41 Å². The molecule has 80 valence electrons. The summed E-state index contributed by atoms with van der Waals surface area (Å²) in [6.07, 6.45) is 1.72. The fourth-order valence-electron chi connectivity index (χ4n) is 1.19. The molecule has 4 nitrogen and oxygen atoms in total. The molecule has 0 spiro atoms. The van der Waals surface area contributed by atoms with Crippen LogP contribution in [0.15, 0.2) is 12.3 Å². The summed E-state index contributed by atoms with van der Waals surface area (Å²) in [4.78, 5) is 11.9. The van der Waals surface area contributed by atoms with Crippen molar-refractivity contribution in [1.82, 2.24) is 5.10 Å². The average Bonchev–Trinajstić information content (AvgIpc) is 2.62. The van der Waals surface area contributed by atoms with Crippen LogP contribution in [-0.2, 0) is 0 Å². The smallest absolute Gasteiger partial charge is 0.263 e. The van der Waals surface area contributed by atoms with Gasteiger partial charge in [0, 0.05) is 18.4 Å². The van der Waals surface area contributed by atoms with E-state index in [0.29, 0.717) is 5.69 Å². The quantitative estimate of drug-likeness (QED) is 0.590. The van der Waals surface area contributed by atoms with E-state index in [2.05, 4.69) is 11.2 Å². The van der Waals surface area contributed by atoms with Crippen LogP contribution in [0.1, 0.15) is 44.2 Å². The highest BCUT2D eigenvalue weighted by Crippen LogP contribution is 2.18. The van der Waals surface area contributed by atoms with Gasteiger partial charge in [-0.15, -0.1) is 4.68 Å². The highest BCUT2D eigenvalue weighted by Gasteiger charge is 2.27. The summed E-state index contributed by atoms with van der Waals surface area (Å²) < 4.78 is 1.62. The standard InChI is InChI=1S/C11H15N3O/c1-8(7-12)14-6-5-9(13-14)10(15)11(2,3)4/h5-6,8H,1-4H3/p+1. The second-order valence-electron chi connectivity index (χ2n) is 4.63. The van der Waals surface area contributed by atoms with Crippen molar-refractivity contribution in [2.45, 2.75) is 33.7 Å². The minimum Gasteiger partial charge on any atom is -0.292 e. The first-order chi connectivity index (χ1) is 6.86. The third-order valence-electron chi connectivity index (χ3n) is 2.18. The summed E-state index contributed by atoms with van der Waals surface area (Å²) in [7, 11) is 0. The maximum absolute atomic E-state index is 11.9. The van der Waals surface area contributed by atoms with Crippen molar-refractivity contribution in [1.29, 1.82) is 5.26 Å². The van der Waals surface area contributed by atoms with E-state index in [1.54, 1.807) is 23.9 Å². The van der Waals surface area contributed by atoms with E-state index in [-0.39, 0.29) is 11.8 Å². The Kier molecular flexibility index (Phi) is 2.94. The van der Waals surface area contributed by atoms with Crippen LogP contribution >= 0.6 is 0 Å². The maximum atomic E-state index is 11.9. The molecular weight excluding hydrogens is 190 g/mol. The minimum atomic E-state index is -0.404. The molecule has 0 bridgehead atoms. The Bertz CT molecular complexity index is 406. The zero-order valence-corrected chi connectivity index (χ0v) is 9.53. The average molecular weight is 206 g/mol. The molecule has 0 aliphatic rings. The number of Topliss-reactive ketones (excluding diaryl/α,β-unsaturated/α-hetero) is 1. The number of carbonyl (C=O) groups is 1. The second-order valence-corrected chi connectivity index (χ2v) is 4.63. The predicted molar refractivity (Wildman–Crippen MR) is 55.1 cm³/mol. The molecule has 1 heterocycles. The Morgan fingerprint density at radius 3 is 2.67 bits per heavy atom. The van der Waals surface area contributed by atoms with Gasteiger partial charge in [0.1, 0.15) is 11.8 Å². The molecule has 0 fully saturated rings. The summed E-state index contributed by atoms with van der Waals surface area (Å²) in [5.41, 5.74) is 0.142. The molecule has 1 atom stereocenters. The first-order valence-corrected chi connectivity index (χ1v) is 4.91. The van der Waals surface area contributed by atoms with Crippen molar-refractivity contribution < 1.29 is 9.48 Å².